The molecule has 0 radical (unpaired) electrons. The van der Waals surface area contributed by atoms with E-state index in [1.165, 1.54) is 12.8 Å². The van der Waals surface area contributed by atoms with E-state index in [0.717, 1.165) is 12.8 Å². The Labute approximate surface area is 115 Å². The van der Waals surface area contributed by atoms with Gasteiger partial charge in [-0.2, -0.15) is 0 Å². The molecule has 106 valence electrons. The fraction of sp³-hybridized carbons (Fsp3) is 0.667. The molecule has 0 spiro atoms. The second-order valence-electron chi connectivity index (χ2n) is 5.51. The van der Waals surface area contributed by atoms with Crippen molar-refractivity contribution in [2.45, 2.75) is 58.2 Å². The van der Waals surface area contributed by atoms with Gasteiger partial charge in [-0.05, 0) is 32.3 Å². The molecular weight excluding hydrogens is 241 g/mol. The van der Waals surface area contributed by atoms with Crippen LogP contribution in [-0.4, -0.2) is 24.1 Å². The van der Waals surface area contributed by atoms with E-state index >= 15 is 0 Å². The maximum atomic E-state index is 14.5. The van der Waals surface area contributed by atoms with Gasteiger partial charge in [-0.3, -0.25) is 0 Å². The Balaban J connectivity index is 2.08. The van der Waals surface area contributed by atoms with Crippen molar-refractivity contribution >= 4 is 5.82 Å². The average molecular weight is 265 g/mol. The maximum Gasteiger partial charge on any atom is 0.170 e. The minimum Gasteiger partial charge on any atom is -0.355 e. The fourth-order valence-corrected chi connectivity index (χ4v) is 2.22. The van der Waals surface area contributed by atoms with Gasteiger partial charge < -0.3 is 10.2 Å². The van der Waals surface area contributed by atoms with Crippen LogP contribution in [0, 0.1) is 5.82 Å². The number of hydrogen-bond donors (Lipinski definition) is 1. The van der Waals surface area contributed by atoms with Gasteiger partial charge in [-0.25, -0.2) is 9.37 Å². The summed E-state index contributed by atoms with van der Waals surface area (Å²) in [6, 6.07) is 2.67. The molecule has 1 heterocycles. The van der Waals surface area contributed by atoms with Crippen molar-refractivity contribution in [1.29, 1.82) is 0 Å². The molecule has 19 heavy (non-hydrogen) atoms. The van der Waals surface area contributed by atoms with Gasteiger partial charge in [0.2, 0.25) is 0 Å². The Morgan fingerprint density at radius 2 is 2.26 bits per heavy atom. The molecule has 1 saturated carbocycles. The molecule has 0 amide bonds. The van der Waals surface area contributed by atoms with E-state index in [-0.39, 0.29) is 5.82 Å². The summed E-state index contributed by atoms with van der Waals surface area (Å²) in [6.07, 6.45) is 6.27. The summed E-state index contributed by atoms with van der Waals surface area (Å²) in [5.74, 6) is 0.289. The zero-order valence-corrected chi connectivity index (χ0v) is 12.1. The van der Waals surface area contributed by atoms with E-state index < -0.39 is 0 Å². The zero-order valence-electron chi connectivity index (χ0n) is 12.1. The number of halogens is 1. The summed E-state index contributed by atoms with van der Waals surface area (Å²) in [5, 5.41) is 3.35. The molecule has 0 aliphatic heterocycles. The molecule has 4 heteroatoms. The van der Waals surface area contributed by atoms with Crippen LogP contribution in [0.3, 0.4) is 0 Å². The quantitative estimate of drug-likeness (QED) is 0.821. The molecule has 1 fully saturated rings. The van der Waals surface area contributed by atoms with E-state index in [4.69, 9.17) is 0 Å². The van der Waals surface area contributed by atoms with E-state index in [1.807, 2.05) is 11.9 Å². The Morgan fingerprint density at radius 3 is 2.89 bits per heavy atom. The standard InChI is InChI=1S/C15H24FN3/c1-4-5-11(2)19(3)15-14(16)12(8-9-17-15)10-18-13-6-7-13/h8-9,11,13,18H,4-7,10H2,1-3H3. The summed E-state index contributed by atoms with van der Waals surface area (Å²) in [7, 11) is 1.92. The third kappa shape index (κ3) is 3.66. The van der Waals surface area contributed by atoms with Gasteiger partial charge in [-0.1, -0.05) is 13.3 Å². The SMILES string of the molecule is CCCC(C)N(C)c1nccc(CNC2CC2)c1F. The van der Waals surface area contributed by atoms with Crippen molar-refractivity contribution in [2.75, 3.05) is 11.9 Å². The summed E-state index contributed by atoms with van der Waals surface area (Å²) >= 11 is 0. The second kappa shape index (κ2) is 6.33. The summed E-state index contributed by atoms with van der Waals surface area (Å²) in [4.78, 5) is 6.15. The molecular formula is C15H24FN3. The van der Waals surface area contributed by atoms with Crippen LogP contribution in [-0.2, 0) is 6.54 Å². The van der Waals surface area contributed by atoms with Gasteiger partial charge in [0.1, 0.15) is 0 Å². The molecule has 1 atom stereocenters. The second-order valence-corrected chi connectivity index (χ2v) is 5.51. The predicted octanol–water partition coefficient (Wildman–Crippen LogP) is 3.10. The number of aromatic nitrogens is 1. The smallest absolute Gasteiger partial charge is 0.170 e. The molecule has 0 saturated heterocycles. The van der Waals surface area contributed by atoms with Crippen molar-refractivity contribution in [3.8, 4) is 0 Å². The number of hydrogen-bond acceptors (Lipinski definition) is 3. The van der Waals surface area contributed by atoms with Crippen LogP contribution < -0.4 is 10.2 Å². The summed E-state index contributed by atoms with van der Waals surface area (Å²) < 4.78 is 14.5. The lowest BCUT2D eigenvalue weighted by Gasteiger charge is -2.26. The fourth-order valence-electron chi connectivity index (χ4n) is 2.22. The third-order valence-corrected chi connectivity index (χ3v) is 3.81. The van der Waals surface area contributed by atoms with E-state index in [2.05, 4.69) is 24.1 Å². The molecule has 1 aromatic heterocycles. The highest BCUT2D eigenvalue weighted by molar-refractivity contribution is 5.43. The number of nitrogens with one attached hydrogen (secondary N) is 1. The van der Waals surface area contributed by atoms with Gasteiger partial charge in [0.15, 0.2) is 11.6 Å². The first-order chi connectivity index (χ1) is 9.13. The topological polar surface area (TPSA) is 28.2 Å². The van der Waals surface area contributed by atoms with Crippen LogP contribution in [0.2, 0.25) is 0 Å². The highest BCUT2D eigenvalue weighted by Crippen LogP contribution is 2.23. The molecule has 0 aromatic carbocycles. The molecule has 1 aliphatic rings. The number of anilines is 1. The van der Waals surface area contributed by atoms with Crippen LogP contribution in [0.4, 0.5) is 10.2 Å². The predicted molar refractivity (Wildman–Crippen MR) is 76.8 cm³/mol. The molecule has 0 bridgehead atoms. The molecule has 1 aromatic rings. The van der Waals surface area contributed by atoms with Crippen molar-refractivity contribution in [2.24, 2.45) is 0 Å². The van der Waals surface area contributed by atoms with Crippen molar-refractivity contribution in [3.05, 3.63) is 23.6 Å². The number of rotatable bonds is 7. The number of nitrogens with zero attached hydrogens (tertiary/aromatic N) is 2. The molecule has 1 unspecified atom stereocenters. The highest BCUT2D eigenvalue weighted by atomic mass is 19.1. The molecule has 3 nitrogen and oxygen atoms in total. The highest BCUT2D eigenvalue weighted by Gasteiger charge is 2.22. The Hall–Kier alpha value is -1.16. The largest absolute Gasteiger partial charge is 0.355 e. The lowest BCUT2D eigenvalue weighted by atomic mass is 10.1. The molecule has 1 aliphatic carbocycles. The van der Waals surface area contributed by atoms with Crippen LogP contribution in [0.1, 0.15) is 45.1 Å². The third-order valence-electron chi connectivity index (χ3n) is 3.81. The van der Waals surface area contributed by atoms with Crippen LogP contribution in [0.15, 0.2) is 12.3 Å². The minimum absolute atomic E-state index is 0.180. The Bertz CT molecular complexity index is 418. The van der Waals surface area contributed by atoms with Gasteiger partial charge in [0.05, 0.1) is 0 Å². The van der Waals surface area contributed by atoms with E-state index in [9.17, 15) is 4.39 Å². The number of pyridine rings is 1. The van der Waals surface area contributed by atoms with Gasteiger partial charge >= 0.3 is 0 Å². The first-order valence-corrected chi connectivity index (χ1v) is 7.23. The molecule has 2 rings (SSSR count). The van der Waals surface area contributed by atoms with Crippen molar-refractivity contribution in [1.82, 2.24) is 10.3 Å². The Morgan fingerprint density at radius 1 is 1.53 bits per heavy atom. The minimum atomic E-state index is -0.180. The maximum absolute atomic E-state index is 14.5. The zero-order chi connectivity index (χ0) is 13.8. The molecule has 1 N–H and O–H groups in total. The van der Waals surface area contributed by atoms with E-state index in [1.54, 1.807) is 12.3 Å². The average Bonchev–Trinajstić information content (AvgIpc) is 3.21. The van der Waals surface area contributed by atoms with Crippen LogP contribution >= 0.6 is 0 Å². The summed E-state index contributed by atoms with van der Waals surface area (Å²) in [6.45, 7) is 4.85. The first kappa shape index (κ1) is 14.3. The van der Waals surface area contributed by atoms with Crippen molar-refractivity contribution < 1.29 is 4.39 Å². The van der Waals surface area contributed by atoms with Crippen LogP contribution in [0.5, 0.6) is 0 Å². The summed E-state index contributed by atoms with van der Waals surface area (Å²) in [5.41, 5.74) is 0.715. The normalized spacial score (nSPS) is 16.4. The van der Waals surface area contributed by atoms with Gasteiger partial charge in [0.25, 0.3) is 0 Å². The van der Waals surface area contributed by atoms with Gasteiger partial charge in [0, 0.05) is 37.4 Å². The van der Waals surface area contributed by atoms with Crippen molar-refractivity contribution in [3.63, 3.8) is 0 Å². The van der Waals surface area contributed by atoms with Crippen LogP contribution in [0.25, 0.3) is 0 Å². The van der Waals surface area contributed by atoms with Gasteiger partial charge in [-0.15, -0.1) is 0 Å². The first-order valence-electron chi connectivity index (χ1n) is 7.23. The monoisotopic (exact) mass is 265 g/mol. The van der Waals surface area contributed by atoms with E-state index in [0.29, 0.717) is 30.0 Å². The lowest BCUT2D eigenvalue weighted by Crippen LogP contribution is -2.30. The Kier molecular flexibility index (Phi) is 4.75. The lowest BCUT2D eigenvalue weighted by molar-refractivity contribution is 0.555.